The van der Waals surface area contributed by atoms with Gasteiger partial charge in [-0.15, -0.1) is 0 Å². The summed E-state index contributed by atoms with van der Waals surface area (Å²) >= 11 is 0. The van der Waals surface area contributed by atoms with Crippen LogP contribution in [0.3, 0.4) is 0 Å². The molecule has 1 saturated carbocycles. The van der Waals surface area contributed by atoms with E-state index in [9.17, 15) is 5.11 Å². The molecule has 102 valence electrons. The molecule has 0 spiro atoms. The van der Waals surface area contributed by atoms with Gasteiger partial charge in [0, 0.05) is 6.54 Å². The molecule has 2 nitrogen and oxygen atoms in total. The highest BCUT2D eigenvalue weighted by molar-refractivity contribution is 4.77. The lowest BCUT2D eigenvalue weighted by atomic mass is 9.78. The molecule has 0 aromatic carbocycles. The van der Waals surface area contributed by atoms with Gasteiger partial charge < -0.3 is 10.0 Å². The smallest absolute Gasteiger partial charge is 0.0580 e. The van der Waals surface area contributed by atoms with Crippen LogP contribution in [-0.4, -0.2) is 35.7 Å². The minimum atomic E-state index is -0.0617. The van der Waals surface area contributed by atoms with Crippen molar-refractivity contribution in [2.75, 3.05) is 19.6 Å². The number of aliphatic hydroxyl groups is 1. The summed E-state index contributed by atoms with van der Waals surface area (Å²) in [6.07, 6.45) is 7.39. The van der Waals surface area contributed by atoms with E-state index in [-0.39, 0.29) is 6.10 Å². The molecule has 17 heavy (non-hydrogen) atoms. The van der Waals surface area contributed by atoms with Gasteiger partial charge in [0.05, 0.1) is 6.10 Å². The van der Waals surface area contributed by atoms with Crippen LogP contribution in [0.4, 0.5) is 0 Å². The maximum Gasteiger partial charge on any atom is 0.0580 e. The summed E-state index contributed by atoms with van der Waals surface area (Å²) < 4.78 is 0. The summed E-state index contributed by atoms with van der Waals surface area (Å²) in [5, 5.41) is 10.2. The minimum absolute atomic E-state index is 0.0617. The van der Waals surface area contributed by atoms with Crippen LogP contribution < -0.4 is 0 Å². The zero-order chi connectivity index (χ0) is 12.7. The van der Waals surface area contributed by atoms with Crippen LogP contribution in [0.1, 0.15) is 59.3 Å². The van der Waals surface area contributed by atoms with E-state index in [2.05, 4.69) is 25.7 Å². The van der Waals surface area contributed by atoms with Crippen LogP contribution >= 0.6 is 0 Å². The van der Waals surface area contributed by atoms with Gasteiger partial charge in [0.2, 0.25) is 0 Å². The summed E-state index contributed by atoms with van der Waals surface area (Å²) in [5.74, 6) is 1.51. The number of hydrogen-bond acceptors (Lipinski definition) is 2. The Kier molecular flexibility index (Phi) is 7.14. The molecule has 0 saturated heterocycles. The SMILES string of the molecule is CCC1CCC(C(O)CCN(CC)CC)CC1. The molecule has 0 amide bonds. The van der Waals surface area contributed by atoms with Crippen molar-refractivity contribution in [1.29, 1.82) is 0 Å². The predicted molar refractivity (Wildman–Crippen MR) is 74.2 cm³/mol. The summed E-state index contributed by atoms with van der Waals surface area (Å²) in [4.78, 5) is 2.40. The lowest BCUT2D eigenvalue weighted by Gasteiger charge is -2.32. The molecule has 1 aliphatic carbocycles. The molecule has 1 atom stereocenters. The van der Waals surface area contributed by atoms with Gasteiger partial charge in [0.15, 0.2) is 0 Å². The maximum atomic E-state index is 10.2. The Bertz CT molecular complexity index is 183. The second kappa shape index (κ2) is 8.10. The van der Waals surface area contributed by atoms with Crippen molar-refractivity contribution < 1.29 is 5.11 Å². The molecular formula is C15H31NO. The van der Waals surface area contributed by atoms with Crippen molar-refractivity contribution in [3.05, 3.63) is 0 Å². The molecular weight excluding hydrogens is 210 g/mol. The van der Waals surface area contributed by atoms with Crippen molar-refractivity contribution >= 4 is 0 Å². The Morgan fingerprint density at radius 3 is 2.12 bits per heavy atom. The molecule has 1 rings (SSSR count). The maximum absolute atomic E-state index is 10.2. The third-order valence-corrected chi connectivity index (χ3v) is 4.65. The molecule has 1 fully saturated rings. The van der Waals surface area contributed by atoms with Crippen molar-refractivity contribution in [2.24, 2.45) is 11.8 Å². The highest BCUT2D eigenvalue weighted by Crippen LogP contribution is 2.33. The highest BCUT2D eigenvalue weighted by atomic mass is 16.3. The Morgan fingerprint density at radius 2 is 1.65 bits per heavy atom. The predicted octanol–water partition coefficient (Wildman–Crippen LogP) is 3.30. The van der Waals surface area contributed by atoms with E-state index < -0.39 is 0 Å². The van der Waals surface area contributed by atoms with Gasteiger partial charge in [0.1, 0.15) is 0 Å². The first kappa shape index (κ1) is 15.0. The Morgan fingerprint density at radius 1 is 1.06 bits per heavy atom. The largest absolute Gasteiger partial charge is 0.393 e. The number of rotatable bonds is 7. The van der Waals surface area contributed by atoms with Gasteiger partial charge in [0.25, 0.3) is 0 Å². The fourth-order valence-electron chi connectivity index (χ4n) is 3.07. The topological polar surface area (TPSA) is 23.5 Å². The van der Waals surface area contributed by atoms with Crippen LogP contribution in [0.25, 0.3) is 0 Å². The molecule has 2 heteroatoms. The van der Waals surface area contributed by atoms with Gasteiger partial charge in [-0.3, -0.25) is 0 Å². The first-order chi connectivity index (χ1) is 8.21. The lowest BCUT2D eigenvalue weighted by molar-refractivity contribution is 0.0576. The highest BCUT2D eigenvalue weighted by Gasteiger charge is 2.25. The second-order valence-corrected chi connectivity index (χ2v) is 5.57. The fourth-order valence-corrected chi connectivity index (χ4v) is 3.07. The monoisotopic (exact) mass is 241 g/mol. The summed E-state index contributed by atoms with van der Waals surface area (Å²) in [5.41, 5.74) is 0. The Labute approximate surface area is 107 Å². The fraction of sp³-hybridized carbons (Fsp3) is 1.00. The van der Waals surface area contributed by atoms with Crippen LogP contribution in [0.5, 0.6) is 0 Å². The van der Waals surface area contributed by atoms with E-state index in [4.69, 9.17) is 0 Å². The van der Waals surface area contributed by atoms with Crippen LogP contribution in [0, 0.1) is 11.8 Å². The number of nitrogens with zero attached hydrogens (tertiary/aromatic N) is 1. The van der Waals surface area contributed by atoms with Crippen LogP contribution in [-0.2, 0) is 0 Å². The first-order valence-corrected chi connectivity index (χ1v) is 7.61. The van der Waals surface area contributed by atoms with Crippen molar-refractivity contribution in [3.63, 3.8) is 0 Å². The van der Waals surface area contributed by atoms with E-state index in [1.165, 1.54) is 32.1 Å². The van der Waals surface area contributed by atoms with Crippen molar-refractivity contribution in [1.82, 2.24) is 4.90 Å². The number of hydrogen-bond donors (Lipinski definition) is 1. The Hall–Kier alpha value is -0.0800. The lowest BCUT2D eigenvalue weighted by Crippen LogP contribution is -2.31. The first-order valence-electron chi connectivity index (χ1n) is 7.61. The molecule has 0 heterocycles. The van der Waals surface area contributed by atoms with Gasteiger partial charge in [-0.25, -0.2) is 0 Å². The number of aliphatic hydroxyl groups excluding tert-OH is 1. The quantitative estimate of drug-likeness (QED) is 0.739. The average Bonchev–Trinajstić information content (AvgIpc) is 2.39. The average molecular weight is 241 g/mol. The molecule has 0 aromatic heterocycles. The minimum Gasteiger partial charge on any atom is -0.393 e. The van der Waals surface area contributed by atoms with Crippen molar-refractivity contribution in [3.8, 4) is 0 Å². The van der Waals surface area contributed by atoms with Crippen LogP contribution in [0.2, 0.25) is 0 Å². The normalized spacial score (nSPS) is 27.4. The Balaban J connectivity index is 2.22. The van der Waals surface area contributed by atoms with E-state index in [0.29, 0.717) is 5.92 Å². The molecule has 0 radical (unpaired) electrons. The third kappa shape index (κ3) is 4.97. The molecule has 0 bridgehead atoms. The summed E-state index contributed by atoms with van der Waals surface area (Å²) in [6, 6.07) is 0. The van der Waals surface area contributed by atoms with Gasteiger partial charge in [-0.2, -0.15) is 0 Å². The van der Waals surface area contributed by atoms with E-state index in [0.717, 1.165) is 32.0 Å². The third-order valence-electron chi connectivity index (χ3n) is 4.65. The summed E-state index contributed by atoms with van der Waals surface area (Å²) in [6.45, 7) is 9.95. The second-order valence-electron chi connectivity index (χ2n) is 5.57. The molecule has 1 N–H and O–H groups in total. The van der Waals surface area contributed by atoms with E-state index >= 15 is 0 Å². The van der Waals surface area contributed by atoms with Crippen LogP contribution in [0.15, 0.2) is 0 Å². The van der Waals surface area contributed by atoms with Gasteiger partial charge >= 0.3 is 0 Å². The standard InChI is InChI=1S/C15H31NO/c1-4-13-7-9-14(10-8-13)15(17)11-12-16(5-2)6-3/h13-15,17H,4-12H2,1-3H3. The van der Waals surface area contributed by atoms with E-state index in [1.54, 1.807) is 0 Å². The molecule has 1 aliphatic rings. The zero-order valence-corrected chi connectivity index (χ0v) is 12.0. The molecule has 1 unspecified atom stereocenters. The summed E-state index contributed by atoms with van der Waals surface area (Å²) in [7, 11) is 0. The van der Waals surface area contributed by atoms with Crippen molar-refractivity contribution in [2.45, 2.75) is 65.4 Å². The molecule has 0 aromatic rings. The van der Waals surface area contributed by atoms with E-state index in [1.807, 2.05) is 0 Å². The molecule has 0 aliphatic heterocycles. The van der Waals surface area contributed by atoms with Gasteiger partial charge in [-0.1, -0.05) is 40.0 Å². The van der Waals surface area contributed by atoms with Gasteiger partial charge in [-0.05, 0) is 44.2 Å². The zero-order valence-electron chi connectivity index (χ0n) is 12.0.